The molecule has 31 heavy (non-hydrogen) atoms. The number of nitrogens with one attached hydrogen (secondary N) is 2. The van der Waals surface area contributed by atoms with Crippen LogP contribution in [0.5, 0.6) is 5.75 Å². The zero-order chi connectivity index (χ0) is 19.9. The molecule has 3 aromatic rings. The van der Waals surface area contributed by atoms with E-state index in [1.165, 1.54) is 0 Å². The molecule has 1 saturated heterocycles. The van der Waals surface area contributed by atoms with Gasteiger partial charge in [0, 0.05) is 39.3 Å². The van der Waals surface area contributed by atoms with Gasteiger partial charge >= 0.3 is 0 Å². The number of carbonyl (C=O) groups excluding carboxylic acids is 1. The van der Waals surface area contributed by atoms with E-state index >= 15 is 0 Å². The summed E-state index contributed by atoms with van der Waals surface area (Å²) in [7, 11) is 0. The highest BCUT2D eigenvalue weighted by atomic mass is 35.5. The Balaban J connectivity index is 0.00000171. The molecule has 1 aromatic heterocycles. The van der Waals surface area contributed by atoms with Crippen LogP contribution in [-0.4, -0.2) is 59.6 Å². The van der Waals surface area contributed by atoms with Crippen LogP contribution >= 0.6 is 24.8 Å². The number of piperazine rings is 1. The third-order valence-corrected chi connectivity index (χ3v) is 5.11. The molecule has 0 atom stereocenters. The Morgan fingerprint density at radius 3 is 2.52 bits per heavy atom. The number of ether oxygens (including phenoxy) is 1. The van der Waals surface area contributed by atoms with Crippen LogP contribution < -0.4 is 15.4 Å². The van der Waals surface area contributed by atoms with E-state index in [0.29, 0.717) is 13.2 Å². The predicted octanol–water partition coefficient (Wildman–Crippen LogP) is 2.48. The second-order valence-corrected chi connectivity index (χ2v) is 7.15. The summed E-state index contributed by atoms with van der Waals surface area (Å²) in [6, 6.07) is 17.5. The lowest BCUT2D eigenvalue weighted by Crippen LogP contribution is -2.46. The quantitative estimate of drug-likeness (QED) is 0.534. The number of aromatic nitrogens is 2. The Morgan fingerprint density at radius 2 is 1.74 bits per heavy atom. The number of amides is 1. The van der Waals surface area contributed by atoms with Gasteiger partial charge in [-0.05, 0) is 24.3 Å². The van der Waals surface area contributed by atoms with Crippen molar-refractivity contribution in [3.8, 4) is 5.75 Å². The van der Waals surface area contributed by atoms with Crippen molar-refractivity contribution in [3.05, 3.63) is 60.4 Å². The molecule has 0 bridgehead atoms. The fourth-order valence-corrected chi connectivity index (χ4v) is 3.56. The molecule has 7 nitrogen and oxygen atoms in total. The summed E-state index contributed by atoms with van der Waals surface area (Å²) in [6.45, 7) is 6.16. The second kappa shape index (κ2) is 12.5. The fourth-order valence-electron chi connectivity index (χ4n) is 3.56. The molecule has 0 saturated carbocycles. The van der Waals surface area contributed by atoms with Crippen LogP contribution in [-0.2, 0) is 17.9 Å². The first-order valence-corrected chi connectivity index (χ1v) is 10.1. The van der Waals surface area contributed by atoms with Crippen LogP contribution in [0.4, 0.5) is 0 Å². The van der Waals surface area contributed by atoms with Gasteiger partial charge in [-0.15, -0.1) is 24.8 Å². The Bertz CT molecular complexity index is 945. The van der Waals surface area contributed by atoms with Crippen molar-refractivity contribution in [1.29, 1.82) is 0 Å². The molecular formula is C22H29Cl2N5O2. The molecule has 1 aliphatic heterocycles. The highest BCUT2D eigenvalue weighted by Crippen LogP contribution is 2.18. The van der Waals surface area contributed by atoms with Crippen molar-refractivity contribution >= 4 is 41.8 Å². The number of fused-ring (bicyclic) bond motifs is 1. The zero-order valence-corrected chi connectivity index (χ0v) is 19.0. The summed E-state index contributed by atoms with van der Waals surface area (Å²) >= 11 is 0. The molecule has 0 spiro atoms. The summed E-state index contributed by atoms with van der Waals surface area (Å²) in [5.74, 6) is 1.52. The number of rotatable bonds is 8. The first-order valence-electron chi connectivity index (χ1n) is 10.1. The Kier molecular flexibility index (Phi) is 10.1. The molecule has 1 fully saturated rings. The van der Waals surface area contributed by atoms with Gasteiger partial charge in [0.25, 0.3) is 0 Å². The van der Waals surface area contributed by atoms with E-state index in [1.807, 2.05) is 59.2 Å². The molecule has 168 valence electrons. The number of imidazole rings is 1. The average Bonchev–Trinajstić information content (AvgIpc) is 3.11. The summed E-state index contributed by atoms with van der Waals surface area (Å²) in [6.07, 6.45) is 0. The fraction of sp³-hybridized carbons (Fsp3) is 0.364. The third kappa shape index (κ3) is 6.83. The SMILES string of the molecule is Cl.Cl.O=C(Cn1c(COc2ccccc2)nc2ccccc21)NCCN1CCNCC1. The van der Waals surface area contributed by atoms with Gasteiger partial charge in [0.15, 0.2) is 0 Å². The molecule has 4 rings (SSSR count). The maximum absolute atomic E-state index is 12.6. The maximum Gasteiger partial charge on any atom is 0.240 e. The smallest absolute Gasteiger partial charge is 0.240 e. The van der Waals surface area contributed by atoms with Gasteiger partial charge in [-0.25, -0.2) is 4.98 Å². The van der Waals surface area contributed by atoms with Crippen molar-refractivity contribution in [2.75, 3.05) is 39.3 Å². The Morgan fingerprint density at radius 1 is 1.03 bits per heavy atom. The third-order valence-electron chi connectivity index (χ3n) is 5.11. The lowest BCUT2D eigenvalue weighted by molar-refractivity contribution is -0.121. The van der Waals surface area contributed by atoms with Gasteiger partial charge in [-0.3, -0.25) is 9.69 Å². The molecule has 2 aromatic carbocycles. The first kappa shape index (κ1) is 24.9. The van der Waals surface area contributed by atoms with E-state index in [-0.39, 0.29) is 37.3 Å². The number of halogens is 2. The topological polar surface area (TPSA) is 71.4 Å². The molecule has 1 amide bonds. The molecule has 0 unspecified atom stereocenters. The van der Waals surface area contributed by atoms with E-state index in [1.54, 1.807) is 0 Å². The van der Waals surface area contributed by atoms with Gasteiger partial charge in [0.1, 0.15) is 24.7 Å². The van der Waals surface area contributed by atoms with Crippen LogP contribution in [0, 0.1) is 0 Å². The van der Waals surface area contributed by atoms with Crippen molar-refractivity contribution in [3.63, 3.8) is 0 Å². The minimum atomic E-state index is -0.00995. The number of carbonyl (C=O) groups is 1. The number of nitrogens with zero attached hydrogens (tertiary/aromatic N) is 3. The van der Waals surface area contributed by atoms with Crippen LogP contribution in [0.15, 0.2) is 54.6 Å². The number of hydrogen-bond acceptors (Lipinski definition) is 5. The van der Waals surface area contributed by atoms with Crippen LogP contribution in [0.3, 0.4) is 0 Å². The monoisotopic (exact) mass is 465 g/mol. The van der Waals surface area contributed by atoms with Gasteiger partial charge in [-0.2, -0.15) is 0 Å². The summed E-state index contributed by atoms with van der Waals surface area (Å²) in [5.41, 5.74) is 1.81. The highest BCUT2D eigenvalue weighted by Gasteiger charge is 2.15. The van der Waals surface area contributed by atoms with Gasteiger partial charge in [-0.1, -0.05) is 30.3 Å². The lowest BCUT2D eigenvalue weighted by atomic mass is 10.3. The normalized spacial score (nSPS) is 13.8. The van der Waals surface area contributed by atoms with Crippen LogP contribution in [0.2, 0.25) is 0 Å². The summed E-state index contributed by atoms with van der Waals surface area (Å²) < 4.78 is 7.82. The minimum Gasteiger partial charge on any atom is -0.486 e. The van der Waals surface area contributed by atoms with Crippen molar-refractivity contribution < 1.29 is 9.53 Å². The van der Waals surface area contributed by atoms with Crippen molar-refractivity contribution in [1.82, 2.24) is 25.1 Å². The second-order valence-electron chi connectivity index (χ2n) is 7.15. The molecule has 2 N–H and O–H groups in total. The zero-order valence-electron chi connectivity index (χ0n) is 17.3. The summed E-state index contributed by atoms with van der Waals surface area (Å²) in [5, 5.41) is 6.38. The largest absolute Gasteiger partial charge is 0.486 e. The van der Waals surface area contributed by atoms with E-state index in [4.69, 9.17) is 4.74 Å². The van der Waals surface area contributed by atoms with E-state index in [9.17, 15) is 4.79 Å². The molecule has 1 aliphatic rings. The van der Waals surface area contributed by atoms with Gasteiger partial charge in [0.2, 0.25) is 5.91 Å². The Labute approximate surface area is 195 Å². The number of hydrogen-bond donors (Lipinski definition) is 2. The van der Waals surface area contributed by atoms with Crippen molar-refractivity contribution in [2.24, 2.45) is 0 Å². The number of benzene rings is 2. The molecule has 2 heterocycles. The van der Waals surface area contributed by atoms with Crippen LogP contribution in [0.25, 0.3) is 11.0 Å². The minimum absolute atomic E-state index is 0. The average molecular weight is 466 g/mol. The predicted molar refractivity (Wildman–Crippen MR) is 127 cm³/mol. The van der Waals surface area contributed by atoms with E-state index in [0.717, 1.165) is 55.3 Å². The summed E-state index contributed by atoms with van der Waals surface area (Å²) in [4.78, 5) is 19.6. The first-order chi connectivity index (χ1) is 14.3. The van der Waals surface area contributed by atoms with E-state index < -0.39 is 0 Å². The van der Waals surface area contributed by atoms with Gasteiger partial charge < -0.3 is 19.9 Å². The molecule has 9 heteroatoms. The highest BCUT2D eigenvalue weighted by molar-refractivity contribution is 5.85. The number of para-hydroxylation sites is 3. The standard InChI is InChI=1S/C22H27N5O2.2ClH/c28-22(24-12-15-26-13-10-23-11-14-26)16-27-20-9-5-4-8-19(20)25-21(27)17-29-18-6-2-1-3-7-18;;/h1-9,23H,10-17H2,(H,24,28);2*1H. The molecule has 0 radical (unpaired) electrons. The maximum atomic E-state index is 12.6. The van der Waals surface area contributed by atoms with Crippen LogP contribution in [0.1, 0.15) is 5.82 Å². The van der Waals surface area contributed by atoms with E-state index in [2.05, 4.69) is 20.5 Å². The van der Waals surface area contributed by atoms with Crippen molar-refractivity contribution in [2.45, 2.75) is 13.2 Å². The molecule has 0 aliphatic carbocycles. The lowest BCUT2D eigenvalue weighted by Gasteiger charge is -2.27. The Hall–Kier alpha value is -2.32. The molecular weight excluding hydrogens is 437 g/mol. The van der Waals surface area contributed by atoms with Gasteiger partial charge in [0.05, 0.1) is 11.0 Å².